The maximum Gasteiger partial charge on any atom is 0.0433 e. The van der Waals surface area contributed by atoms with Crippen molar-refractivity contribution in [1.29, 1.82) is 0 Å². The molecule has 0 atom stereocenters. The fraction of sp³-hybridized carbons (Fsp3) is 0. The molecule has 0 unspecified atom stereocenters. The Morgan fingerprint density at radius 3 is 1.50 bits per heavy atom. The summed E-state index contributed by atoms with van der Waals surface area (Å²) >= 11 is 3.83. The quantitative estimate of drug-likeness (QED) is 0.160. The maximum atomic E-state index is 2.45. The van der Waals surface area contributed by atoms with Gasteiger partial charge in [0.25, 0.3) is 0 Å². The van der Waals surface area contributed by atoms with E-state index in [-0.39, 0.29) is 0 Å². The summed E-state index contributed by atoms with van der Waals surface area (Å²) in [5.74, 6) is 0. The van der Waals surface area contributed by atoms with Gasteiger partial charge in [-0.15, -0.1) is 22.7 Å². The zero-order valence-electron chi connectivity index (χ0n) is 29.1. The van der Waals surface area contributed by atoms with Gasteiger partial charge < -0.3 is 0 Å². The monoisotopic (exact) mass is 718 g/mol. The van der Waals surface area contributed by atoms with Crippen molar-refractivity contribution in [2.75, 3.05) is 0 Å². The first-order chi connectivity index (χ1) is 26.7. The van der Waals surface area contributed by atoms with E-state index in [4.69, 9.17) is 0 Å². The molecule has 0 nitrogen and oxygen atoms in total. The summed E-state index contributed by atoms with van der Waals surface area (Å²) in [6.45, 7) is 0. The van der Waals surface area contributed by atoms with Crippen LogP contribution in [0.4, 0.5) is 0 Å². The van der Waals surface area contributed by atoms with Crippen LogP contribution in [0.2, 0.25) is 0 Å². The molecule has 0 spiro atoms. The van der Waals surface area contributed by atoms with Crippen molar-refractivity contribution in [1.82, 2.24) is 0 Å². The minimum absolute atomic E-state index is 1.23. The summed E-state index contributed by atoms with van der Waals surface area (Å²) in [4.78, 5) is 0. The lowest BCUT2D eigenvalue weighted by Gasteiger charge is -2.18. The van der Waals surface area contributed by atoms with Gasteiger partial charge in [-0.3, -0.25) is 0 Å². The molecule has 0 saturated carbocycles. The Balaban J connectivity index is 0.988. The van der Waals surface area contributed by atoms with Gasteiger partial charge in [-0.25, -0.2) is 0 Å². The van der Waals surface area contributed by atoms with Crippen molar-refractivity contribution in [2.24, 2.45) is 0 Å². The largest absolute Gasteiger partial charge is 0.135 e. The highest BCUT2D eigenvalue weighted by molar-refractivity contribution is 7.28. The Morgan fingerprint density at radius 1 is 0.241 bits per heavy atom. The van der Waals surface area contributed by atoms with Crippen molar-refractivity contribution < 1.29 is 0 Å². The third kappa shape index (κ3) is 4.48. The molecule has 0 fully saturated rings. The van der Waals surface area contributed by atoms with Crippen LogP contribution in [0.25, 0.3) is 117 Å². The molecular formula is C52H30S2. The Morgan fingerprint density at radius 2 is 0.759 bits per heavy atom. The van der Waals surface area contributed by atoms with Crippen molar-refractivity contribution in [3.63, 3.8) is 0 Å². The van der Waals surface area contributed by atoms with Crippen molar-refractivity contribution >= 4 is 106 Å². The summed E-state index contributed by atoms with van der Waals surface area (Å²) in [6.07, 6.45) is 0. The molecule has 0 aliphatic carbocycles. The molecule has 2 heterocycles. The molecule has 0 bridgehead atoms. The molecule has 0 aliphatic heterocycles. The fourth-order valence-corrected chi connectivity index (χ4v) is 11.3. The Hall–Kier alpha value is -6.32. The van der Waals surface area contributed by atoms with Crippen LogP contribution in [0.5, 0.6) is 0 Å². The molecule has 2 heteroatoms. The van der Waals surface area contributed by atoms with Crippen molar-refractivity contribution in [3.05, 3.63) is 182 Å². The van der Waals surface area contributed by atoms with E-state index >= 15 is 0 Å². The van der Waals surface area contributed by atoms with Gasteiger partial charge in [0.1, 0.15) is 0 Å². The normalized spacial score (nSPS) is 12.1. The van der Waals surface area contributed by atoms with E-state index in [2.05, 4.69) is 182 Å². The lowest BCUT2D eigenvalue weighted by molar-refractivity contribution is 1.63. The smallest absolute Gasteiger partial charge is 0.0433 e. The van der Waals surface area contributed by atoms with E-state index in [1.807, 2.05) is 22.7 Å². The first kappa shape index (κ1) is 30.2. The van der Waals surface area contributed by atoms with Crippen LogP contribution in [0, 0.1) is 0 Å². The molecule has 12 aromatic rings. The second-order valence-electron chi connectivity index (χ2n) is 14.4. The second kappa shape index (κ2) is 11.6. The van der Waals surface area contributed by atoms with Gasteiger partial charge in [0.15, 0.2) is 0 Å². The van der Waals surface area contributed by atoms with E-state index < -0.39 is 0 Å². The lowest BCUT2D eigenvalue weighted by Crippen LogP contribution is -1.91. The minimum Gasteiger partial charge on any atom is -0.135 e. The van der Waals surface area contributed by atoms with Gasteiger partial charge in [0, 0.05) is 40.3 Å². The number of benzene rings is 10. The zero-order valence-corrected chi connectivity index (χ0v) is 30.8. The van der Waals surface area contributed by atoms with Crippen LogP contribution in [0.15, 0.2) is 182 Å². The number of rotatable bonds is 3. The number of hydrogen-bond acceptors (Lipinski definition) is 2. The molecule has 0 N–H and O–H groups in total. The first-order valence-electron chi connectivity index (χ1n) is 18.5. The van der Waals surface area contributed by atoms with Gasteiger partial charge in [-0.2, -0.15) is 0 Å². The predicted octanol–water partition coefficient (Wildman–Crippen LogP) is 16.0. The summed E-state index contributed by atoms with van der Waals surface area (Å²) in [5.41, 5.74) is 7.55. The van der Waals surface area contributed by atoms with E-state index in [9.17, 15) is 0 Å². The van der Waals surface area contributed by atoms with Crippen molar-refractivity contribution in [2.45, 2.75) is 0 Å². The molecule has 0 saturated heterocycles. The summed E-state index contributed by atoms with van der Waals surface area (Å²) in [7, 11) is 0. The third-order valence-electron chi connectivity index (χ3n) is 11.4. The van der Waals surface area contributed by atoms with Gasteiger partial charge in [-0.1, -0.05) is 152 Å². The van der Waals surface area contributed by atoms with Crippen LogP contribution in [-0.4, -0.2) is 0 Å². The fourth-order valence-electron chi connectivity index (χ4n) is 8.88. The highest BCUT2D eigenvalue weighted by Crippen LogP contribution is 2.46. The van der Waals surface area contributed by atoms with Gasteiger partial charge >= 0.3 is 0 Å². The van der Waals surface area contributed by atoms with Crippen LogP contribution >= 0.6 is 22.7 Å². The molecule has 54 heavy (non-hydrogen) atoms. The van der Waals surface area contributed by atoms with E-state index in [0.29, 0.717) is 0 Å². The molecule has 0 amide bonds. The maximum absolute atomic E-state index is 2.45. The third-order valence-corrected chi connectivity index (χ3v) is 13.8. The van der Waals surface area contributed by atoms with Gasteiger partial charge in [0.2, 0.25) is 0 Å². The van der Waals surface area contributed by atoms with Crippen LogP contribution in [0.1, 0.15) is 0 Å². The summed E-state index contributed by atoms with van der Waals surface area (Å²) in [5, 5.41) is 15.7. The van der Waals surface area contributed by atoms with Crippen LogP contribution < -0.4 is 0 Å². The SMILES string of the molecule is c1ccc2cc(-c3c4ccccc4c(-c4ccc(-c5ccc6sc7cc8sc9c%10ccccc%10ccc9c8cc7c6c5)cc4)c4ccccc34)ccc2c1. The van der Waals surface area contributed by atoms with Crippen molar-refractivity contribution in [3.8, 4) is 33.4 Å². The summed E-state index contributed by atoms with van der Waals surface area (Å²) in [6, 6.07) is 67.9. The van der Waals surface area contributed by atoms with E-state index in [1.54, 1.807) is 0 Å². The van der Waals surface area contributed by atoms with Crippen LogP contribution in [0.3, 0.4) is 0 Å². The summed E-state index contributed by atoms with van der Waals surface area (Å²) < 4.78 is 5.44. The molecule has 0 radical (unpaired) electrons. The highest BCUT2D eigenvalue weighted by atomic mass is 32.1. The second-order valence-corrected chi connectivity index (χ2v) is 16.5. The molecule has 12 rings (SSSR count). The first-order valence-corrected chi connectivity index (χ1v) is 20.1. The average Bonchev–Trinajstić information content (AvgIpc) is 3.79. The van der Waals surface area contributed by atoms with Gasteiger partial charge in [0.05, 0.1) is 0 Å². The molecular weight excluding hydrogens is 689 g/mol. The Labute approximate surface area is 319 Å². The Kier molecular flexibility index (Phi) is 6.48. The lowest BCUT2D eigenvalue weighted by atomic mass is 9.85. The minimum atomic E-state index is 1.23. The predicted molar refractivity (Wildman–Crippen MR) is 239 cm³/mol. The molecule has 10 aromatic carbocycles. The number of fused-ring (bicyclic) bond motifs is 11. The Bertz CT molecular complexity index is 3430. The zero-order chi connectivity index (χ0) is 35.3. The number of thiophene rings is 2. The average molecular weight is 719 g/mol. The molecule has 0 aliphatic rings. The van der Waals surface area contributed by atoms with E-state index in [0.717, 1.165) is 0 Å². The molecule has 250 valence electrons. The standard InChI is InChI=1S/C52H30S2/c1-2-11-35-27-37(22-19-31(35)9-1)51-41-15-7-5-13-39(41)50(40-14-6-8-16-42(40)51)34-20-17-32(18-21-34)36-24-26-47-44(28-36)46-29-45-43-25-23-33-10-3-4-12-38(33)52(43)54-49(45)30-48(46)53-47/h1-30H. The van der Waals surface area contributed by atoms with E-state index in [1.165, 1.54) is 117 Å². The number of hydrogen-bond donors (Lipinski definition) is 0. The topological polar surface area (TPSA) is 0 Å². The highest BCUT2D eigenvalue weighted by Gasteiger charge is 2.18. The van der Waals surface area contributed by atoms with Crippen LogP contribution in [-0.2, 0) is 0 Å². The van der Waals surface area contributed by atoms with Gasteiger partial charge in [-0.05, 0) is 107 Å². The molecule has 2 aromatic heterocycles.